The van der Waals surface area contributed by atoms with Gasteiger partial charge in [-0.25, -0.2) is 4.68 Å². The van der Waals surface area contributed by atoms with E-state index in [2.05, 4.69) is 36.3 Å². The average molecular weight is 259 g/mol. The first kappa shape index (κ1) is 13.5. The number of nitrogens with two attached hydrogens (primary N) is 1. The van der Waals surface area contributed by atoms with Gasteiger partial charge in [-0.15, -0.1) is 5.10 Å². The Kier molecular flexibility index (Phi) is 4.14. The molecule has 102 valence electrons. The number of rotatable bonds is 5. The lowest BCUT2D eigenvalue weighted by Gasteiger charge is -2.22. The molecule has 0 amide bonds. The van der Waals surface area contributed by atoms with Crippen molar-refractivity contribution in [3.63, 3.8) is 0 Å². The highest BCUT2D eigenvalue weighted by Gasteiger charge is 2.21. The highest BCUT2D eigenvalue weighted by molar-refractivity contribution is 5.71. The van der Waals surface area contributed by atoms with E-state index in [0.717, 1.165) is 24.2 Å². The van der Waals surface area contributed by atoms with Crippen molar-refractivity contribution in [1.29, 1.82) is 0 Å². The third-order valence-electron chi connectivity index (χ3n) is 3.81. The van der Waals surface area contributed by atoms with Crippen molar-refractivity contribution in [2.75, 3.05) is 5.73 Å². The predicted octanol–water partition coefficient (Wildman–Crippen LogP) is 2.92. The third kappa shape index (κ3) is 2.59. The van der Waals surface area contributed by atoms with Gasteiger partial charge < -0.3 is 5.73 Å². The molecule has 1 unspecified atom stereocenters. The Labute approximate surface area is 113 Å². The minimum absolute atomic E-state index is 0.264. The molecule has 0 aliphatic carbocycles. The number of hydrogen-bond acceptors (Lipinski definition) is 4. The molecule has 1 aromatic heterocycles. The molecule has 1 atom stereocenters. The maximum absolute atomic E-state index is 6.01. The highest BCUT2D eigenvalue weighted by Crippen LogP contribution is 2.29. The molecule has 2 N–H and O–H groups in total. The quantitative estimate of drug-likeness (QED) is 0.838. The summed E-state index contributed by atoms with van der Waals surface area (Å²) >= 11 is 0. The molecule has 2 aromatic rings. The number of para-hydroxylation sites is 1. The van der Waals surface area contributed by atoms with Crippen molar-refractivity contribution >= 4 is 5.69 Å². The lowest BCUT2D eigenvalue weighted by molar-refractivity contribution is 0.309. The van der Waals surface area contributed by atoms with Crippen molar-refractivity contribution in [1.82, 2.24) is 20.2 Å². The van der Waals surface area contributed by atoms with Crippen LogP contribution in [-0.2, 0) is 0 Å². The Morgan fingerprint density at radius 3 is 2.53 bits per heavy atom. The van der Waals surface area contributed by atoms with Gasteiger partial charge in [-0.3, -0.25) is 0 Å². The van der Waals surface area contributed by atoms with Crippen molar-refractivity contribution in [3.8, 4) is 11.4 Å². The van der Waals surface area contributed by atoms with Crippen molar-refractivity contribution in [2.45, 2.75) is 39.7 Å². The maximum Gasteiger partial charge on any atom is 0.184 e. The van der Waals surface area contributed by atoms with E-state index in [9.17, 15) is 0 Å². The number of anilines is 1. The van der Waals surface area contributed by atoms with Gasteiger partial charge in [-0.2, -0.15) is 0 Å². The number of nitrogen functional groups attached to an aromatic ring is 1. The minimum Gasteiger partial charge on any atom is -0.398 e. The van der Waals surface area contributed by atoms with Crippen LogP contribution in [0.2, 0.25) is 0 Å². The Morgan fingerprint density at radius 1 is 1.21 bits per heavy atom. The lowest BCUT2D eigenvalue weighted by atomic mass is 9.95. The summed E-state index contributed by atoms with van der Waals surface area (Å²) < 4.78 is 1.89. The van der Waals surface area contributed by atoms with Crippen molar-refractivity contribution in [2.24, 2.45) is 5.92 Å². The van der Waals surface area contributed by atoms with Crippen LogP contribution in [0.15, 0.2) is 24.3 Å². The summed E-state index contributed by atoms with van der Waals surface area (Å²) in [6.07, 6.45) is 2.22. The van der Waals surface area contributed by atoms with Crippen LogP contribution >= 0.6 is 0 Å². The zero-order valence-corrected chi connectivity index (χ0v) is 11.7. The Morgan fingerprint density at radius 2 is 1.89 bits per heavy atom. The largest absolute Gasteiger partial charge is 0.398 e. The molecule has 1 heterocycles. The smallest absolute Gasteiger partial charge is 0.184 e. The van der Waals surface area contributed by atoms with Gasteiger partial charge in [0.2, 0.25) is 0 Å². The molecule has 0 saturated heterocycles. The van der Waals surface area contributed by atoms with Crippen LogP contribution < -0.4 is 5.73 Å². The molecule has 5 nitrogen and oxygen atoms in total. The monoisotopic (exact) mass is 259 g/mol. The standard InChI is InChI=1S/C14H21N5/c1-4-11(5-2)10(3)19-14(16-17-18-19)12-8-6-7-9-13(12)15/h6-11H,4-5,15H2,1-3H3. The normalized spacial score (nSPS) is 12.8. The van der Waals surface area contributed by atoms with E-state index in [1.54, 1.807) is 0 Å². The van der Waals surface area contributed by atoms with E-state index in [1.165, 1.54) is 0 Å². The molecule has 0 aliphatic heterocycles. The summed E-state index contributed by atoms with van der Waals surface area (Å²) in [6.45, 7) is 6.56. The fraction of sp³-hybridized carbons (Fsp3) is 0.500. The van der Waals surface area contributed by atoms with E-state index < -0.39 is 0 Å². The summed E-state index contributed by atoms with van der Waals surface area (Å²) in [7, 11) is 0. The lowest BCUT2D eigenvalue weighted by Crippen LogP contribution is -2.18. The molecule has 2 rings (SSSR count). The van der Waals surface area contributed by atoms with Gasteiger partial charge in [-0.1, -0.05) is 38.8 Å². The Balaban J connectivity index is 2.40. The molecule has 5 heteroatoms. The third-order valence-corrected chi connectivity index (χ3v) is 3.81. The van der Waals surface area contributed by atoms with E-state index in [4.69, 9.17) is 5.73 Å². The Hall–Kier alpha value is -1.91. The van der Waals surface area contributed by atoms with Gasteiger partial charge >= 0.3 is 0 Å². The molecule has 0 aliphatic rings. The fourth-order valence-corrected chi connectivity index (χ4v) is 2.52. The molecular formula is C14H21N5. The fourth-order valence-electron chi connectivity index (χ4n) is 2.52. The summed E-state index contributed by atoms with van der Waals surface area (Å²) in [5.41, 5.74) is 7.61. The van der Waals surface area contributed by atoms with E-state index in [-0.39, 0.29) is 6.04 Å². The second-order valence-electron chi connectivity index (χ2n) is 4.85. The van der Waals surface area contributed by atoms with Gasteiger partial charge in [0.15, 0.2) is 5.82 Å². The first-order chi connectivity index (χ1) is 9.19. The first-order valence-electron chi connectivity index (χ1n) is 6.81. The van der Waals surface area contributed by atoms with E-state index >= 15 is 0 Å². The van der Waals surface area contributed by atoms with Gasteiger partial charge in [0.05, 0.1) is 6.04 Å². The molecule has 0 spiro atoms. The molecule has 0 fully saturated rings. The van der Waals surface area contributed by atoms with Crippen LogP contribution in [0.5, 0.6) is 0 Å². The highest BCUT2D eigenvalue weighted by atomic mass is 15.5. The molecule has 0 bridgehead atoms. The zero-order valence-electron chi connectivity index (χ0n) is 11.7. The second-order valence-corrected chi connectivity index (χ2v) is 4.85. The summed E-state index contributed by atoms with van der Waals surface area (Å²) in [5.74, 6) is 1.31. The first-order valence-corrected chi connectivity index (χ1v) is 6.81. The van der Waals surface area contributed by atoms with Gasteiger partial charge in [0.1, 0.15) is 0 Å². The van der Waals surface area contributed by atoms with Crippen LogP contribution in [0, 0.1) is 5.92 Å². The maximum atomic E-state index is 6.01. The summed E-state index contributed by atoms with van der Waals surface area (Å²) in [5, 5.41) is 12.1. The molecule has 0 radical (unpaired) electrons. The number of hydrogen-bond donors (Lipinski definition) is 1. The predicted molar refractivity (Wildman–Crippen MR) is 76.4 cm³/mol. The molecule has 0 saturated carbocycles. The van der Waals surface area contributed by atoms with Crippen LogP contribution in [0.1, 0.15) is 39.7 Å². The summed E-state index contributed by atoms with van der Waals surface area (Å²) in [4.78, 5) is 0. The SMILES string of the molecule is CCC(CC)C(C)n1nnnc1-c1ccccc1N. The number of tetrazole rings is 1. The van der Waals surface area contributed by atoms with Gasteiger partial charge in [0.25, 0.3) is 0 Å². The number of aromatic nitrogens is 4. The second kappa shape index (κ2) is 5.82. The molecule has 19 heavy (non-hydrogen) atoms. The van der Waals surface area contributed by atoms with E-state index in [1.807, 2.05) is 28.9 Å². The van der Waals surface area contributed by atoms with Gasteiger partial charge in [0, 0.05) is 11.3 Å². The molecular weight excluding hydrogens is 238 g/mol. The van der Waals surface area contributed by atoms with Crippen LogP contribution in [0.4, 0.5) is 5.69 Å². The number of nitrogens with zero attached hydrogens (tertiary/aromatic N) is 4. The molecule has 1 aromatic carbocycles. The average Bonchev–Trinajstić information content (AvgIpc) is 2.89. The topological polar surface area (TPSA) is 69.6 Å². The van der Waals surface area contributed by atoms with Crippen molar-refractivity contribution < 1.29 is 0 Å². The Bertz CT molecular complexity index is 530. The summed E-state index contributed by atoms with van der Waals surface area (Å²) in [6, 6.07) is 7.96. The van der Waals surface area contributed by atoms with E-state index in [0.29, 0.717) is 11.6 Å². The van der Waals surface area contributed by atoms with Crippen molar-refractivity contribution in [3.05, 3.63) is 24.3 Å². The van der Waals surface area contributed by atoms with Crippen LogP contribution in [0.3, 0.4) is 0 Å². The minimum atomic E-state index is 0.264. The van der Waals surface area contributed by atoms with Gasteiger partial charge in [-0.05, 0) is 35.4 Å². The van der Waals surface area contributed by atoms with Crippen LogP contribution in [-0.4, -0.2) is 20.2 Å². The number of benzene rings is 1. The van der Waals surface area contributed by atoms with Crippen LogP contribution in [0.25, 0.3) is 11.4 Å². The zero-order chi connectivity index (χ0) is 13.8.